The maximum atomic E-state index is 13.3. The lowest BCUT2D eigenvalue weighted by Crippen LogP contribution is -2.36. The normalized spacial score (nSPS) is 17.3. The first-order valence-electron chi connectivity index (χ1n) is 7.45. The topological polar surface area (TPSA) is 49.4 Å². The van der Waals surface area contributed by atoms with Crippen LogP contribution in [0.3, 0.4) is 0 Å². The highest BCUT2D eigenvalue weighted by atomic mass is 19.1. The zero-order chi connectivity index (χ0) is 16.6. The smallest absolute Gasteiger partial charge is 0.258 e. The molecule has 0 radical (unpaired) electrons. The second-order valence-electron chi connectivity index (χ2n) is 5.78. The minimum Gasteiger partial charge on any atom is -0.324 e. The van der Waals surface area contributed by atoms with E-state index < -0.39 is 0 Å². The number of nitrogens with zero attached hydrogens (tertiary/aromatic N) is 1. The first kappa shape index (κ1) is 15.2. The van der Waals surface area contributed by atoms with Gasteiger partial charge in [0.05, 0.1) is 17.3 Å². The molecule has 118 valence electrons. The monoisotopic (exact) mass is 312 g/mol. The number of fused-ring (bicyclic) bond motifs is 1. The molecule has 1 atom stereocenters. The maximum Gasteiger partial charge on any atom is 0.258 e. The molecule has 3 rings (SSSR count). The van der Waals surface area contributed by atoms with Crippen LogP contribution in [0.4, 0.5) is 15.8 Å². The summed E-state index contributed by atoms with van der Waals surface area (Å²) in [7, 11) is 0. The van der Waals surface area contributed by atoms with Gasteiger partial charge in [-0.05, 0) is 42.8 Å². The van der Waals surface area contributed by atoms with Crippen molar-refractivity contribution in [1.82, 2.24) is 0 Å². The van der Waals surface area contributed by atoms with Crippen molar-refractivity contribution >= 4 is 23.2 Å². The lowest BCUT2D eigenvalue weighted by atomic mass is 10.1. The molecule has 1 unspecified atom stereocenters. The summed E-state index contributed by atoms with van der Waals surface area (Å²) in [5.74, 6) is -1.07. The van der Waals surface area contributed by atoms with Gasteiger partial charge in [0.25, 0.3) is 5.91 Å². The molecular formula is C18H17FN2O2. The Labute approximate surface area is 133 Å². The summed E-state index contributed by atoms with van der Waals surface area (Å²) in [6.45, 7) is 3.75. The molecule has 2 aromatic carbocycles. The van der Waals surface area contributed by atoms with Crippen molar-refractivity contribution in [3.63, 3.8) is 0 Å². The third kappa shape index (κ3) is 2.82. The molecule has 0 aromatic heterocycles. The van der Waals surface area contributed by atoms with E-state index in [0.717, 1.165) is 0 Å². The minimum atomic E-state index is -0.375. The lowest BCUT2D eigenvalue weighted by Gasteiger charge is -2.24. The molecule has 2 amide bonds. The SMILES string of the molecule is Cc1cc(F)ccc1C(=O)N1CC(C)C(=O)Nc2ccccc21. The van der Waals surface area contributed by atoms with Gasteiger partial charge in [0.1, 0.15) is 5.82 Å². The van der Waals surface area contributed by atoms with Crippen LogP contribution in [0.1, 0.15) is 22.8 Å². The van der Waals surface area contributed by atoms with Gasteiger partial charge in [-0.25, -0.2) is 4.39 Å². The fourth-order valence-electron chi connectivity index (χ4n) is 2.73. The molecule has 2 aromatic rings. The van der Waals surface area contributed by atoms with Crippen molar-refractivity contribution in [1.29, 1.82) is 0 Å². The number of rotatable bonds is 1. The number of nitrogens with one attached hydrogen (secondary N) is 1. The highest BCUT2D eigenvalue weighted by molar-refractivity contribution is 6.11. The van der Waals surface area contributed by atoms with Gasteiger partial charge in [0, 0.05) is 12.1 Å². The van der Waals surface area contributed by atoms with Gasteiger partial charge < -0.3 is 10.2 Å². The quantitative estimate of drug-likeness (QED) is 0.877. The molecule has 1 heterocycles. The van der Waals surface area contributed by atoms with Gasteiger partial charge in [-0.15, -0.1) is 0 Å². The standard InChI is InChI=1S/C18H17FN2O2/c1-11-9-13(19)7-8-14(11)18(23)21-10-12(2)17(22)20-15-5-3-4-6-16(15)21/h3-9,12H,10H2,1-2H3,(H,20,22). The van der Waals surface area contributed by atoms with E-state index in [-0.39, 0.29) is 30.1 Å². The third-order valence-electron chi connectivity index (χ3n) is 4.02. The van der Waals surface area contributed by atoms with Crippen LogP contribution in [0, 0.1) is 18.7 Å². The van der Waals surface area contributed by atoms with Crippen molar-refractivity contribution in [2.45, 2.75) is 13.8 Å². The van der Waals surface area contributed by atoms with E-state index >= 15 is 0 Å². The Kier molecular flexibility index (Phi) is 3.86. The number of aryl methyl sites for hydroxylation is 1. The van der Waals surface area contributed by atoms with Crippen molar-refractivity contribution in [2.24, 2.45) is 5.92 Å². The number of para-hydroxylation sites is 2. The van der Waals surface area contributed by atoms with Crippen LogP contribution in [-0.4, -0.2) is 18.4 Å². The molecule has 0 fully saturated rings. The van der Waals surface area contributed by atoms with Crippen molar-refractivity contribution < 1.29 is 14.0 Å². The molecule has 1 aliphatic rings. The fourth-order valence-corrected chi connectivity index (χ4v) is 2.73. The third-order valence-corrected chi connectivity index (χ3v) is 4.02. The largest absolute Gasteiger partial charge is 0.324 e. The Balaban J connectivity index is 2.06. The lowest BCUT2D eigenvalue weighted by molar-refractivity contribution is -0.119. The summed E-state index contributed by atoms with van der Waals surface area (Å²) in [5.41, 5.74) is 2.26. The average Bonchev–Trinajstić information content (AvgIpc) is 2.64. The highest BCUT2D eigenvalue weighted by Crippen LogP contribution is 2.31. The second kappa shape index (κ2) is 5.83. The predicted octanol–water partition coefficient (Wildman–Crippen LogP) is 3.37. The molecule has 23 heavy (non-hydrogen) atoms. The van der Waals surface area contributed by atoms with Crippen LogP contribution in [0.15, 0.2) is 42.5 Å². The molecule has 1 N–H and O–H groups in total. The first-order chi connectivity index (χ1) is 11.0. The average molecular weight is 312 g/mol. The number of anilines is 2. The number of benzene rings is 2. The number of hydrogen-bond acceptors (Lipinski definition) is 2. The van der Waals surface area contributed by atoms with Crippen LogP contribution in [-0.2, 0) is 4.79 Å². The van der Waals surface area contributed by atoms with Crippen LogP contribution < -0.4 is 10.2 Å². The molecule has 5 heteroatoms. The maximum absolute atomic E-state index is 13.3. The summed E-state index contributed by atoms with van der Waals surface area (Å²) in [5, 5.41) is 2.84. The molecule has 0 spiro atoms. The van der Waals surface area contributed by atoms with Gasteiger partial charge >= 0.3 is 0 Å². The van der Waals surface area contributed by atoms with Gasteiger partial charge in [-0.2, -0.15) is 0 Å². The van der Waals surface area contributed by atoms with E-state index in [0.29, 0.717) is 22.5 Å². The first-order valence-corrected chi connectivity index (χ1v) is 7.45. The van der Waals surface area contributed by atoms with Crippen molar-refractivity contribution in [2.75, 3.05) is 16.8 Å². The summed E-state index contributed by atoms with van der Waals surface area (Å²) < 4.78 is 13.3. The van der Waals surface area contributed by atoms with Crippen LogP contribution >= 0.6 is 0 Å². The van der Waals surface area contributed by atoms with Crippen molar-refractivity contribution in [3.05, 3.63) is 59.4 Å². The zero-order valence-electron chi connectivity index (χ0n) is 13.0. The number of hydrogen-bond donors (Lipinski definition) is 1. The minimum absolute atomic E-state index is 0.122. The Bertz CT molecular complexity index is 788. The van der Waals surface area contributed by atoms with Crippen LogP contribution in [0.2, 0.25) is 0 Å². The second-order valence-corrected chi connectivity index (χ2v) is 5.78. The zero-order valence-corrected chi connectivity index (χ0v) is 13.0. The van der Waals surface area contributed by atoms with E-state index in [9.17, 15) is 14.0 Å². The van der Waals surface area contributed by atoms with E-state index in [2.05, 4.69) is 5.32 Å². The van der Waals surface area contributed by atoms with Crippen LogP contribution in [0.5, 0.6) is 0 Å². The number of halogens is 1. The van der Waals surface area contributed by atoms with Gasteiger partial charge in [0.2, 0.25) is 5.91 Å². The van der Waals surface area contributed by atoms with E-state index in [1.807, 2.05) is 6.07 Å². The molecule has 0 saturated carbocycles. The molecular weight excluding hydrogens is 295 g/mol. The Morgan fingerprint density at radius 1 is 1.26 bits per heavy atom. The number of carbonyl (C=O) groups excluding carboxylic acids is 2. The van der Waals surface area contributed by atoms with Gasteiger partial charge in [0.15, 0.2) is 0 Å². The molecule has 0 aliphatic carbocycles. The van der Waals surface area contributed by atoms with Gasteiger partial charge in [-0.3, -0.25) is 9.59 Å². The van der Waals surface area contributed by atoms with Crippen LogP contribution in [0.25, 0.3) is 0 Å². The van der Waals surface area contributed by atoms with Gasteiger partial charge in [-0.1, -0.05) is 19.1 Å². The number of carbonyl (C=O) groups is 2. The molecule has 0 saturated heterocycles. The van der Waals surface area contributed by atoms with Crippen molar-refractivity contribution in [3.8, 4) is 0 Å². The van der Waals surface area contributed by atoms with E-state index in [4.69, 9.17) is 0 Å². The summed E-state index contributed by atoms with van der Waals surface area (Å²) in [4.78, 5) is 26.6. The molecule has 4 nitrogen and oxygen atoms in total. The highest BCUT2D eigenvalue weighted by Gasteiger charge is 2.29. The Hall–Kier alpha value is -2.69. The summed E-state index contributed by atoms with van der Waals surface area (Å²) in [6.07, 6.45) is 0. The molecule has 1 aliphatic heterocycles. The summed E-state index contributed by atoms with van der Waals surface area (Å²) in [6, 6.07) is 11.3. The summed E-state index contributed by atoms with van der Waals surface area (Å²) >= 11 is 0. The molecule has 0 bridgehead atoms. The van der Waals surface area contributed by atoms with E-state index in [1.165, 1.54) is 18.2 Å². The predicted molar refractivity (Wildman–Crippen MR) is 87.0 cm³/mol. The fraction of sp³-hybridized carbons (Fsp3) is 0.222. The van der Waals surface area contributed by atoms with E-state index in [1.54, 1.807) is 36.9 Å². The Morgan fingerprint density at radius 3 is 2.74 bits per heavy atom. The Morgan fingerprint density at radius 2 is 2.00 bits per heavy atom. The number of amides is 2.